The number of rotatable bonds is 7. The van der Waals surface area contributed by atoms with Crippen LogP contribution in [0.1, 0.15) is 49.4 Å². The number of nitrogens with zero attached hydrogens (tertiary/aromatic N) is 2. The van der Waals surface area contributed by atoms with Gasteiger partial charge in [-0.2, -0.15) is 8.42 Å². The van der Waals surface area contributed by atoms with E-state index < -0.39 is 68.2 Å². The highest BCUT2D eigenvalue weighted by Gasteiger charge is 2.64. The fourth-order valence-corrected chi connectivity index (χ4v) is 7.64. The van der Waals surface area contributed by atoms with Crippen molar-refractivity contribution in [3.63, 3.8) is 0 Å². The predicted octanol–water partition coefficient (Wildman–Crippen LogP) is 2.41. The SMILES string of the molecule is CN(C)c1cc(CNCC(C)(C)C)c(O)c2c1CC1CC3C(N(C)C)C(=O)C(C(N)=O)=C(O)C3(O)C(=O)C1=C2O.Cc1ccc(S(=O)(=O)O)cc1. The fourth-order valence-electron chi connectivity index (χ4n) is 7.16. The van der Waals surface area contributed by atoms with Gasteiger partial charge in [0.05, 0.1) is 16.5 Å². The van der Waals surface area contributed by atoms with Gasteiger partial charge < -0.3 is 36.4 Å². The number of phenolic OH excluding ortho intramolecular Hbond substituents is 1. The second kappa shape index (κ2) is 14.0. The van der Waals surface area contributed by atoms with Crippen LogP contribution >= 0.6 is 0 Å². The van der Waals surface area contributed by atoms with Crippen molar-refractivity contribution in [2.24, 2.45) is 23.0 Å². The zero-order valence-corrected chi connectivity index (χ0v) is 30.9. The third-order valence-electron chi connectivity index (χ3n) is 9.55. The first kappa shape index (κ1) is 39.5. The van der Waals surface area contributed by atoms with E-state index in [-0.39, 0.29) is 40.0 Å². The van der Waals surface area contributed by atoms with Crippen LogP contribution in [0.2, 0.25) is 0 Å². The number of hydrogen-bond acceptors (Lipinski definition) is 12. The number of aliphatic hydroxyl groups excluding tert-OH is 2. The summed E-state index contributed by atoms with van der Waals surface area (Å²) in [4.78, 5) is 42.7. The Morgan fingerprint density at radius 3 is 2.14 bits per heavy atom. The number of aliphatic hydroxyl groups is 3. The zero-order chi connectivity index (χ0) is 38.5. The summed E-state index contributed by atoms with van der Waals surface area (Å²) in [6.45, 7) is 9.05. The van der Waals surface area contributed by atoms with E-state index in [4.69, 9.17) is 10.3 Å². The Hall–Kier alpha value is -4.28. The molecule has 8 N–H and O–H groups in total. The third kappa shape index (κ3) is 7.39. The van der Waals surface area contributed by atoms with Crippen LogP contribution in [0.25, 0.3) is 5.76 Å². The number of benzene rings is 2. The van der Waals surface area contributed by atoms with Crippen molar-refractivity contribution in [2.75, 3.05) is 39.6 Å². The number of nitrogens with one attached hydrogen (secondary N) is 1. The number of phenols is 1. The molecule has 0 saturated heterocycles. The number of fused-ring (bicyclic) bond motifs is 3. The molecular weight excluding hydrogens is 680 g/mol. The van der Waals surface area contributed by atoms with Gasteiger partial charge in [-0.15, -0.1) is 0 Å². The molecule has 0 radical (unpaired) electrons. The normalized spacial score (nSPS) is 23.3. The molecule has 3 aliphatic carbocycles. The minimum Gasteiger partial charge on any atom is -0.508 e. The van der Waals surface area contributed by atoms with Crippen LogP contribution in [0.5, 0.6) is 5.75 Å². The molecule has 2 aromatic carbocycles. The lowest BCUT2D eigenvalue weighted by Gasteiger charge is -2.50. The van der Waals surface area contributed by atoms with Gasteiger partial charge >= 0.3 is 0 Å². The number of likely N-dealkylation sites (N-methyl/N-ethyl adjacent to an activating group) is 1. The van der Waals surface area contributed by atoms with Gasteiger partial charge in [-0.25, -0.2) is 0 Å². The molecule has 0 aliphatic heterocycles. The number of ketones is 2. The smallest absolute Gasteiger partial charge is 0.294 e. The van der Waals surface area contributed by atoms with Gasteiger partial charge in [-0.3, -0.25) is 23.8 Å². The van der Waals surface area contributed by atoms with Crippen molar-refractivity contribution in [3.8, 4) is 5.75 Å². The molecule has 0 spiro atoms. The Morgan fingerprint density at radius 2 is 1.65 bits per heavy atom. The summed E-state index contributed by atoms with van der Waals surface area (Å²) in [5.74, 6) is -6.55. The molecule has 1 saturated carbocycles. The van der Waals surface area contributed by atoms with Gasteiger partial charge in [0.2, 0.25) is 5.78 Å². The standard InChI is InChI=1S/C29H40N4O7.C7H8O3S/c1-28(2,3)12-31-11-14-10-17(32(4)5)15-8-13-9-16-21(33(6)7)24(36)20(27(30)39)26(38)29(16,40)25(37)18(13)23(35)19(15)22(14)34;1-6-2-4-7(5-3-6)11(8,9)10/h10,13,16,21,31,34-35,38,40H,8-9,11-12H2,1-7H3,(H2,30,39);2-5H,1H3,(H,8,9,10). The number of nitrogens with two attached hydrogens (primary N) is 1. The summed E-state index contributed by atoms with van der Waals surface area (Å²) >= 11 is 0. The maximum Gasteiger partial charge on any atom is 0.294 e. The molecule has 3 aliphatic rings. The molecular formula is C36H48N4O10S. The maximum atomic E-state index is 14.0. The highest BCUT2D eigenvalue weighted by Crippen LogP contribution is 2.54. The zero-order valence-electron chi connectivity index (χ0n) is 30.1. The topological polar surface area (TPSA) is 231 Å². The average molecular weight is 729 g/mol. The highest BCUT2D eigenvalue weighted by atomic mass is 32.2. The summed E-state index contributed by atoms with van der Waals surface area (Å²) in [5.41, 5.74) is 4.69. The second-order valence-electron chi connectivity index (χ2n) is 15.1. The molecule has 2 aromatic rings. The molecule has 5 rings (SSSR count). The van der Waals surface area contributed by atoms with E-state index in [1.165, 1.54) is 17.0 Å². The summed E-state index contributed by atoms with van der Waals surface area (Å²) in [7, 11) is 2.82. The number of Topliss-reactive ketones (excluding diaryl/α,β-unsaturated/α-hetero) is 2. The van der Waals surface area contributed by atoms with E-state index in [1.807, 2.05) is 32.0 Å². The number of amides is 1. The van der Waals surface area contributed by atoms with Gasteiger partial charge in [0, 0.05) is 49.9 Å². The predicted molar refractivity (Wildman–Crippen MR) is 191 cm³/mol. The Kier molecular flexibility index (Phi) is 10.9. The van der Waals surface area contributed by atoms with Gasteiger partial charge in [0.1, 0.15) is 22.8 Å². The first-order valence-electron chi connectivity index (χ1n) is 16.4. The number of hydrogen-bond donors (Lipinski definition) is 7. The van der Waals surface area contributed by atoms with Gasteiger partial charge in [0.25, 0.3) is 16.0 Å². The lowest BCUT2D eigenvalue weighted by atomic mass is 9.57. The fraction of sp³-hybridized carbons (Fsp3) is 0.472. The average Bonchev–Trinajstić information content (AvgIpc) is 2.99. The summed E-state index contributed by atoms with van der Waals surface area (Å²) in [6.07, 6.45) is 0.291. The number of carbonyl (C=O) groups excluding carboxylic acids is 3. The van der Waals surface area contributed by atoms with E-state index in [2.05, 4.69) is 26.1 Å². The number of primary amides is 1. The van der Waals surface area contributed by atoms with E-state index >= 15 is 0 Å². The van der Waals surface area contributed by atoms with Crippen molar-refractivity contribution in [3.05, 3.63) is 69.5 Å². The molecule has 14 nitrogen and oxygen atoms in total. The molecule has 4 atom stereocenters. The number of anilines is 1. The molecule has 0 heterocycles. The van der Waals surface area contributed by atoms with Gasteiger partial charge in [-0.05, 0) is 69.0 Å². The lowest BCUT2D eigenvalue weighted by molar-refractivity contribution is -0.153. The maximum absolute atomic E-state index is 14.0. The van der Waals surface area contributed by atoms with Crippen LogP contribution in [-0.2, 0) is 37.5 Å². The Bertz CT molecular complexity index is 1930. The van der Waals surface area contributed by atoms with Crippen molar-refractivity contribution < 1.29 is 47.8 Å². The summed E-state index contributed by atoms with van der Waals surface area (Å²) in [5, 5.41) is 49.0. The van der Waals surface area contributed by atoms with E-state index in [0.717, 1.165) is 11.3 Å². The quantitative estimate of drug-likeness (QED) is 0.161. The monoisotopic (exact) mass is 728 g/mol. The minimum atomic E-state index is -4.02. The Balaban J connectivity index is 0.000000452. The molecule has 1 amide bonds. The van der Waals surface area contributed by atoms with E-state index in [0.29, 0.717) is 24.2 Å². The number of aryl methyl sites for hydroxylation is 1. The van der Waals surface area contributed by atoms with Crippen LogP contribution in [0, 0.1) is 24.2 Å². The highest BCUT2D eigenvalue weighted by molar-refractivity contribution is 7.85. The van der Waals surface area contributed by atoms with Gasteiger partial charge in [-0.1, -0.05) is 38.5 Å². The Labute approximate surface area is 298 Å². The van der Waals surface area contributed by atoms with Crippen molar-refractivity contribution in [1.82, 2.24) is 10.2 Å². The van der Waals surface area contributed by atoms with Crippen LogP contribution in [0.4, 0.5) is 5.69 Å². The summed E-state index contributed by atoms with van der Waals surface area (Å²) < 4.78 is 29.6. The van der Waals surface area contributed by atoms with E-state index in [9.17, 15) is 43.2 Å². The van der Waals surface area contributed by atoms with E-state index in [1.54, 1.807) is 26.2 Å². The second-order valence-corrected chi connectivity index (χ2v) is 16.5. The number of carbonyl (C=O) groups is 3. The van der Waals surface area contributed by atoms with Crippen LogP contribution < -0.4 is 16.0 Å². The van der Waals surface area contributed by atoms with Crippen molar-refractivity contribution in [1.29, 1.82) is 0 Å². The van der Waals surface area contributed by atoms with Crippen LogP contribution in [0.3, 0.4) is 0 Å². The molecule has 51 heavy (non-hydrogen) atoms. The van der Waals surface area contributed by atoms with Crippen LogP contribution in [0.15, 0.2) is 52.1 Å². The molecule has 0 bridgehead atoms. The first-order valence-corrected chi connectivity index (χ1v) is 17.8. The minimum absolute atomic E-state index is 0.00285. The third-order valence-corrected chi connectivity index (χ3v) is 10.4. The first-order chi connectivity index (χ1) is 23.4. The summed E-state index contributed by atoms with van der Waals surface area (Å²) in [6, 6.07) is 6.72. The molecule has 4 unspecified atom stereocenters. The molecule has 15 heteroatoms. The molecule has 1 fully saturated rings. The largest absolute Gasteiger partial charge is 0.508 e. The van der Waals surface area contributed by atoms with Gasteiger partial charge in [0.15, 0.2) is 11.4 Å². The van der Waals surface area contributed by atoms with Crippen molar-refractivity contribution >= 4 is 39.0 Å². The molecule has 278 valence electrons. The molecule has 0 aromatic heterocycles. The Morgan fingerprint density at radius 1 is 1.06 bits per heavy atom. The number of aromatic hydroxyl groups is 1. The lowest BCUT2D eigenvalue weighted by Crippen LogP contribution is -2.65. The van der Waals surface area contributed by atoms with Crippen molar-refractivity contribution in [2.45, 2.75) is 63.6 Å². The van der Waals surface area contributed by atoms with Crippen LogP contribution in [-0.4, -0.2) is 102 Å².